The van der Waals surface area contributed by atoms with E-state index in [1.165, 1.54) is 0 Å². The molecule has 182 valence electrons. The molecule has 0 fully saturated rings. The molecule has 7 heteroatoms. The van der Waals surface area contributed by atoms with Gasteiger partial charge in [0.1, 0.15) is 12.6 Å². The van der Waals surface area contributed by atoms with Gasteiger partial charge in [-0.25, -0.2) is 4.79 Å². The fraction of sp³-hybridized carbons (Fsp3) is 0.444. The number of alkyl carbamates (subject to hydrolysis) is 1. The maximum atomic E-state index is 13.2. The zero-order chi connectivity index (χ0) is 24.7. The zero-order valence-corrected chi connectivity index (χ0v) is 20.1. The predicted octanol–water partition coefficient (Wildman–Crippen LogP) is 4.80. The molecule has 1 aliphatic carbocycles. The highest BCUT2D eigenvalue weighted by molar-refractivity contribution is 5.86. The third kappa shape index (κ3) is 5.95. The number of carboxylic acids is 1. The summed E-state index contributed by atoms with van der Waals surface area (Å²) in [7, 11) is 0. The number of nitrogens with one attached hydrogen (secondary N) is 1. The molecule has 0 aliphatic heterocycles. The number of nitrogens with zero attached hydrogens (tertiary/aromatic N) is 1. The van der Waals surface area contributed by atoms with Gasteiger partial charge in [0.15, 0.2) is 0 Å². The molecule has 2 amide bonds. The molecule has 0 heterocycles. The van der Waals surface area contributed by atoms with Crippen LogP contribution in [0.2, 0.25) is 0 Å². The van der Waals surface area contributed by atoms with Crippen molar-refractivity contribution in [2.75, 3.05) is 13.2 Å². The van der Waals surface area contributed by atoms with Crippen molar-refractivity contribution in [1.82, 2.24) is 10.2 Å². The molecule has 0 saturated carbocycles. The number of carboxylic acid groups (broad SMARTS) is 1. The lowest BCUT2D eigenvalue weighted by molar-refractivity contribution is -0.139. The summed E-state index contributed by atoms with van der Waals surface area (Å²) in [4.78, 5) is 38.4. The number of hydrogen-bond acceptors (Lipinski definition) is 4. The lowest BCUT2D eigenvalue weighted by Gasteiger charge is -2.31. The number of aliphatic carboxylic acids is 1. The molecule has 0 bridgehead atoms. The van der Waals surface area contributed by atoms with Gasteiger partial charge < -0.3 is 20.1 Å². The van der Waals surface area contributed by atoms with E-state index in [9.17, 15) is 14.4 Å². The van der Waals surface area contributed by atoms with Gasteiger partial charge in [0.25, 0.3) is 0 Å². The lowest BCUT2D eigenvalue weighted by Crippen LogP contribution is -2.51. The van der Waals surface area contributed by atoms with Crippen molar-refractivity contribution in [3.8, 4) is 11.1 Å². The third-order valence-corrected chi connectivity index (χ3v) is 6.21. The third-order valence-electron chi connectivity index (χ3n) is 6.21. The van der Waals surface area contributed by atoms with Crippen LogP contribution in [0.4, 0.5) is 4.79 Å². The minimum Gasteiger partial charge on any atom is -0.481 e. The topological polar surface area (TPSA) is 95.9 Å². The Kier molecular flexibility index (Phi) is 8.68. The summed E-state index contributed by atoms with van der Waals surface area (Å²) in [6.07, 6.45) is 0.923. The molecule has 1 atom stereocenters. The normalized spacial score (nSPS) is 13.2. The van der Waals surface area contributed by atoms with Crippen molar-refractivity contribution in [2.45, 2.75) is 64.5 Å². The fourth-order valence-corrected chi connectivity index (χ4v) is 4.55. The molecule has 0 unspecified atom stereocenters. The van der Waals surface area contributed by atoms with E-state index in [-0.39, 0.29) is 30.9 Å². The van der Waals surface area contributed by atoms with E-state index >= 15 is 0 Å². The second kappa shape index (κ2) is 11.7. The quantitative estimate of drug-likeness (QED) is 0.496. The van der Waals surface area contributed by atoms with Crippen LogP contribution >= 0.6 is 0 Å². The fourth-order valence-electron chi connectivity index (χ4n) is 4.55. The molecule has 2 N–H and O–H groups in total. The average Bonchev–Trinajstić information content (AvgIpc) is 3.13. The Labute approximate surface area is 201 Å². The first-order valence-corrected chi connectivity index (χ1v) is 12.0. The Bertz CT molecular complexity index is 974. The highest BCUT2D eigenvalue weighted by atomic mass is 16.5. The van der Waals surface area contributed by atoms with Crippen LogP contribution in [0, 0.1) is 0 Å². The van der Waals surface area contributed by atoms with Gasteiger partial charge in [0, 0.05) is 24.9 Å². The minimum atomic E-state index is -0.891. The second-order valence-corrected chi connectivity index (χ2v) is 8.93. The predicted molar refractivity (Wildman–Crippen MR) is 131 cm³/mol. The van der Waals surface area contributed by atoms with Crippen LogP contribution in [-0.4, -0.2) is 53.2 Å². The first-order chi connectivity index (χ1) is 16.3. The van der Waals surface area contributed by atoms with E-state index in [4.69, 9.17) is 9.84 Å². The molecule has 1 aliphatic rings. The van der Waals surface area contributed by atoms with Crippen molar-refractivity contribution >= 4 is 18.0 Å². The Morgan fingerprint density at radius 1 is 1.03 bits per heavy atom. The Morgan fingerprint density at radius 2 is 1.62 bits per heavy atom. The van der Waals surface area contributed by atoms with Crippen LogP contribution in [0.5, 0.6) is 0 Å². The molecule has 2 aromatic rings. The lowest BCUT2D eigenvalue weighted by atomic mass is 9.98. The molecule has 3 rings (SSSR count). The van der Waals surface area contributed by atoms with Gasteiger partial charge in [-0.3, -0.25) is 9.59 Å². The monoisotopic (exact) mass is 466 g/mol. The van der Waals surface area contributed by atoms with Gasteiger partial charge in [-0.2, -0.15) is 0 Å². The highest BCUT2D eigenvalue weighted by Crippen LogP contribution is 2.44. The van der Waals surface area contributed by atoms with E-state index in [2.05, 4.69) is 29.6 Å². The van der Waals surface area contributed by atoms with Gasteiger partial charge in [0.2, 0.25) is 5.91 Å². The summed E-state index contributed by atoms with van der Waals surface area (Å²) in [6.45, 7) is 6.22. The van der Waals surface area contributed by atoms with Gasteiger partial charge in [-0.1, -0.05) is 61.9 Å². The largest absolute Gasteiger partial charge is 0.481 e. The SMILES string of the molecule is CCC[C@H](NC(=O)OCC1c2ccccc2-c2ccccc21)C(=O)N(CCCC(=O)O)C(C)C. The van der Waals surface area contributed by atoms with Crippen LogP contribution in [-0.2, 0) is 14.3 Å². The average molecular weight is 467 g/mol. The first kappa shape index (κ1) is 25.3. The van der Waals surface area contributed by atoms with Crippen LogP contribution in [0.15, 0.2) is 48.5 Å². The number of carbonyl (C=O) groups is 3. The Hall–Kier alpha value is -3.35. The van der Waals surface area contributed by atoms with E-state index in [0.717, 1.165) is 22.3 Å². The molecule has 34 heavy (non-hydrogen) atoms. The van der Waals surface area contributed by atoms with Gasteiger partial charge in [-0.15, -0.1) is 0 Å². The molecule has 0 radical (unpaired) electrons. The number of rotatable bonds is 11. The van der Waals surface area contributed by atoms with Crippen molar-refractivity contribution in [3.63, 3.8) is 0 Å². The summed E-state index contributed by atoms with van der Waals surface area (Å²) >= 11 is 0. The molecule has 0 spiro atoms. The number of benzene rings is 2. The van der Waals surface area contributed by atoms with E-state index in [1.807, 2.05) is 45.0 Å². The van der Waals surface area contributed by atoms with Gasteiger partial charge in [-0.05, 0) is 48.9 Å². The maximum Gasteiger partial charge on any atom is 0.407 e. The summed E-state index contributed by atoms with van der Waals surface area (Å²) in [5.41, 5.74) is 4.56. The van der Waals surface area contributed by atoms with E-state index < -0.39 is 18.1 Å². The summed E-state index contributed by atoms with van der Waals surface area (Å²) in [5.74, 6) is -1.16. The molecule has 7 nitrogen and oxygen atoms in total. The van der Waals surface area contributed by atoms with Crippen molar-refractivity contribution < 1.29 is 24.2 Å². The molecule has 0 aromatic heterocycles. The summed E-state index contributed by atoms with van der Waals surface area (Å²) in [5, 5.41) is 11.7. The number of fused-ring (bicyclic) bond motifs is 3. The molecular weight excluding hydrogens is 432 g/mol. The van der Waals surface area contributed by atoms with Crippen molar-refractivity contribution in [3.05, 3.63) is 59.7 Å². The number of hydrogen-bond donors (Lipinski definition) is 2. The number of carbonyl (C=O) groups excluding carboxylic acids is 2. The summed E-state index contributed by atoms with van der Waals surface area (Å²) in [6, 6.07) is 15.4. The molecule has 2 aromatic carbocycles. The number of ether oxygens (including phenoxy) is 1. The maximum absolute atomic E-state index is 13.2. The first-order valence-electron chi connectivity index (χ1n) is 12.0. The van der Waals surface area contributed by atoms with Crippen LogP contribution < -0.4 is 5.32 Å². The van der Waals surface area contributed by atoms with Crippen molar-refractivity contribution in [2.24, 2.45) is 0 Å². The number of amides is 2. The minimum absolute atomic E-state index is 0.00521. The van der Waals surface area contributed by atoms with Crippen LogP contribution in [0.1, 0.15) is 63.5 Å². The summed E-state index contributed by atoms with van der Waals surface area (Å²) < 4.78 is 5.62. The zero-order valence-electron chi connectivity index (χ0n) is 20.1. The Morgan fingerprint density at radius 3 is 2.15 bits per heavy atom. The van der Waals surface area contributed by atoms with Crippen LogP contribution in [0.3, 0.4) is 0 Å². The highest BCUT2D eigenvalue weighted by Gasteiger charge is 2.31. The van der Waals surface area contributed by atoms with Crippen molar-refractivity contribution in [1.29, 1.82) is 0 Å². The van der Waals surface area contributed by atoms with Crippen LogP contribution in [0.25, 0.3) is 11.1 Å². The van der Waals surface area contributed by atoms with Gasteiger partial charge >= 0.3 is 12.1 Å². The van der Waals surface area contributed by atoms with E-state index in [0.29, 0.717) is 25.8 Å². The molecule has 0 saturated heterocycles. The molecular formula is C27H34N2O5. The van der Waals surface area contributed by atoms with Gasteiger partial charge in [0.05, 0.1) is 0 Å². The second-order valence-electron chi connectivity index (χ2n) is 8.93. The van der Waals surface area contributed by atoms with E-state index in [1.54, 1.807) is 4.90 Å². The smallest absolute Gasteiger partial charge is 0.407 e. The standard InChI is InChI=1S/C27H34N2O5/c1-4-10-24(26(32)29(18(2)3)16-9-15-25(30)31)28-27(33)34-17-23-21-13-7-5-11-19(21)20-12-6-8-14-22(20)23/h5-8,11-14,18,23-24H,4,9-10,15-17H2,1-3H3,(H,28,33)(H,30,31)/t24-/m0/s1. The Balaban J connectivity index is 1.65.